The summed E-state index contributed by atoms with van der Waals surface area (Å²) in [5.74, 6) is 2.06. The third kappa shape index (κ3) is 3.62. The minimum atomic E-state index is -0.255. The van der Waals surface area contributed by atoms with Gasteiger partial charge in [0.05, 0.1) is 28.0 Å². The first-order chi connectivity index (χ1) is 15.5. The molecular formula is C24H25N5O3. The Balaban J connectivity index is 1.56. The Kier molecular flexibility index (Phi) is 5.13. The minimum Gasteiger partial charge on any atom is -0.466 e. The van der Waals surface area contributed by atoms with E-state index < -0.39 is 0 Å². The number of amides is 1. The van der Waals surface area contributed by atoms with E-state index in [4.69, 9.17) is 8.94 Å². The molecule has 8 nitrogen and oxygen atoms in total. The van der Waals surface area contributed by atoms with E-state index in [0.29, 0.717) is 33.7 Å². The Morgan fingerprint density at radius 1 is 1.12 bits per heavy atom. The maximum Gasteiger partial charge on any atom is 0.259 e. The van der Waals surface area contributed by atoms with Gasteiger partial charge in [-0.3, -0.25) is 4.79 Å². The average Bonchev–Trinajstić information content (AvgIpc) is 3.35. The van der Waals surface area contributed by atoms with Gasteiger partial charge in [0.1, 0.15) is 11.5 Å². The summed E-state index contributed by atoms with van der Waals surface area (Å²) >= 11 is 0. The van der Waals surface area contributed by atoms with Gasteiger partial charge in [0.15, 0.2) is 5.82 Å². The van der Waals surface area contributed by atoms with Crippen LogP contribution in [0.15, 0.2) is 39.4 Å². The monoisotopic (exact) mass is 431 g/mol. The molecule has 1 amide bonds. The SMILES string of the molecule is Cc1cc(-c2cc(C(=O)Nc3cccnc3N3CCCCC3)c3c(C)noc3n2)c(C)o1. The molecular weight excluding hydrogens is 406 g/mol. The maximum atomic E-state index is 13.5. The highest BCUT2D eigenvalue weighted by Crippen LogP contribution is 2.32. The number of nitrogens with one attached hydrogen (secondary N) is 1. The summed E-state index contributed by atoms with van der Waals surface area (Å²) in [6.45, 7) is 7.44. The highest BCUT2D eigenvalue weighted by molar-refractivity contribution is 6.13. The van der Waals surface area contributed by atoms with Gasteiger partial charge in [-0.15, -0.1) is 0 Å². The smallest absolute Gasteiger partial charge is 0.259 e. The Morgan fingerprint density at radius 2 is 1.94 bits per heavy atom. The second kappa shape index (κ2) is 8.11. The van der Waals surface area contributed by atoms with Crippen molar-refractivity contribution in [2.24, 2.45) is 0 Å². The van der Waals surface area contributed by atoms with Crippen LogP contribution in [0, 0.1) is 20.8 Å². The Hall–Kier alpha value is -3.68. The van der Waals surface area contributed by atoms with Gasteiger partial charge < -0.3 is 19.2 Å². The summed E-state index contributed by atoms with van der Waals surface area (Å²) in [7, 11) is 0. The number of carbonyl (C=O) groups is 1. The second-order valence-corrected chi connectivity index (χ2v) is 8.21. The van der Waals surface area contributed by atoms with Crippen molar-refractivity contribution < 1.29 is 13.7 Å². The van der Waals surface area contributed by atoms with Crippen LogP contribution in [-0.2, 0) is 0 Å². The third-order valence-corrected chi connectivity index (χ3v) is 5.87. The molecule has 8 heteroatoms. The molecule has 0 atom stereocenters. The van der Waals surface area contributed by atoms with Gasteiger partial charge in [-0.25, -0.2) is 9.97 Å². The molecule has 0 saturated carbocycles. The van der Waals surface area contributed by atoms with Crippen molar-refractivity contribution >= 4 is 28.5 Å². The zero-order valence-corrected chi connectivity index (χ0v) is 18.4. The molecule has 0 aliphatic carbocycles. The van der Waals surface area contributed by atoms with Gasteiger partial charge in [-0.1, -0.05) is 5.16 Å². The molecule has 0 bridgehead atoms. The van der Waals surface area contributed by atoms with E-state index in [9.17, 15) is 4.79 Å². The number of piperidine rings is 1. The molecule has 1 fully saturated rings. The first-order valence-electron chi connectivity index (χ1n) is 10.9. The first-order valence-corrected chi connectivity index (χ1v) is 10.9. The van der Waals surface area contributed by atoms with Gasteiger partial charge in [0.2, 0.25) is 0 Å². The molecule has 1 aliphatic heterocycles. The summed E-state index contributed by atoms with van der Waals surface area (Å²) in [5.41, 5.74) is 3.52. The Morgan fingerprint density at radius 3 is 2.69 bits per heavy atom. The fourth-order valence-electron chi connectivity index (χ4n) is 4.34. The lowest BCUT2D eigenvalue weighted by Crippen LogP contribution is -2.31. The van der Waals surface area contributed by atoms with Crippen LogP contribution < -0.4 is 10.2 Å². The van der Waals surface area contributed by atoms with Gasteiger partial charge in [0, 0.05) is 24.8 Å². The van der Waals surface area contributed by atoms with Crippen LogP contribution >= 0.6 is 0 Å². The quantitative estimate of drug-likeness (QED) is 0.483. The van der Waals surface area contributed by atoms with Crippen molar-refractivity contribution in [1.82, 2.24) is 15.1 Å². The van der Waals surface area contributed by atoms with Crippen LogP contribution in [0.3, 0.4) is 0 Å². The fraction of sp³-hybridized carbons (Fsp3) is 0.333. The zero-order valence-electron chi connectivity index (χ0n) is 18.4. The van der Waals surface area contributed by atoms with Crippen molar-refractivity contribution in [3.63, 3.8) is 0 Å². The van der Waals surface area contributed by atoms with E-state index in [2.05, 4.69) is 25.3 Å². The molecule has 164 valence electrons. The van der Waals surface area contributed by atoms with Gasteiger partial charge in [0.25, 0.3) is 11.6 Å². The lowest BCUT2D eigenvalue weighted by atomic mass is 10.1. The van der Waals surface area contributed by atoms with Crippen molar-refractivity contribution in [2.75, 3.05) is 23.3 Å². The normalized spacial score (nSPS) is 14.2. The molecule has 5 rings (SSSR count). The van der Waals surface area contributed by atoms with Crippen molar-refractivity contribution in [3.8, 4) is 11.3 Å². The third-order valence-electron chi connectivity index (χ3n) is 5.87. The number of carbonyl (C=O) groups excluding carboxylic acids is 1. The standard InChI is InChI=1S/C24H25N5O3/c1-14-12-17(16(3)31-14)20-13-18(21-15(2)28-32-24(21)27-20)23(30)26-19-8-7-9-25-22(19)29-10-5-4-6-11-29/h7-9,12-13H,4-6,10-11H2,1-3H3,(H,26,30). The molecule has 4 aromatic heterocycles. The highest BCUT2D eigenvalue weighted by Gasteiger charge is 2.23. The van der Waals surface area contributed by atoms with Crippen LogP contribution in [0.25, 0.3) is 22.4 Å². The number of pyridine rings is 2. The molecule has 0 aromatic carbocycles. The number of fused-ring (bicyclic) bond motifs is 1. The van der Waals surface area contributed by atoms with E-state index in [0.717, 1.165) is 48.8 Å². The van der Waals surface area contributed by atoms with Gasteiger partial charge in [-0.05, 0) is 64.3 Å². The van der Waals surface area contributed by atoms with E-state index in [1.165, 1.54) is 6.42 Å². The molecule has 32 heavy (non-hydrogen) atoms. The summed E-state index contributed by atoms with van der Waals surface area (Å²) in [4.78, 5) is 24.9. The molecule has 1 aliphatic rings. The second-order valence-electron chi connectivity index (χ2n) is 8.21. The van der Waals surface area contributed by atoms with Crippen LogP contribution in [-0.4, -0.2) is 34.1 Å². The average molecular weight is 431 g/mol. The molecule has 1 saturated heterocycles. The van der Waals surface area contributed by atoms with E-state index in [1.807, 2.05) is 32.0 Å². The fourth-order valence-corrected chi connectivity index (χ4v) is 4.34. The molecule has 1 N–H and O–H groups in total. The van der Waals surface area contributed by atoms with Gasteiger partial charge in [-0.2, -0.15) is 0 Å². The zero-order chi connectivity index (χ0) is 22.2. The van der Waals surface area contributed by atoms with Crippen molar-refractivity contribution in [2.45, 2.75) is 40.0 Å². The van der Waals surface area contributed by atoms with Crippen LogP contribution in [0.4, 0.5) is 11.5 Å². The molecule has 0 unspecified atom stereocenters. The number of hydrogen-bond acceptors (Lipinski definition) is 7. The van der Waals surface area contributed by atoms with E-state index in [-0.39, 0.29) is 5.91 Å². The van der Waals surface area contributed by atoms with Crippen LogP contribution in [0.5, 0.6) is 0 Å². The number of furan rings is 1. The number of aryl methyl sites for hydroxylation is 3. The molecule has 5 heterocycles. The molecule has 4 aromatic rings. The lowest BCUT2D eigenvalue weighted by molar-refractivity contribution is 0.102. The summed E-state index contributed by atoms with van der Waals surface area (Å²) in [6, 6.07) is 7.40. The molecule has 0 spiro atoms. The first kappa shape index (κ1) is 20.2. The molecule has 0 radical (unpaired) electrons. The summed E-state index contributed by atoms with van der Waals surface area (Å²) < 4.78 is 11.1. The lowest BCUT2D eigenvalue weighted by Gasteiger charge is -2.29. The maximum absolute atomic E-state index is 13.5. The van der Waals surface area contributed by atoms with Crippen molar-refractivity contribution in [3.05, 3.63) is 53.2 Å². The summed E-state index contributed by atoms with van der Waals surface area (Å²) in [6.07, 6.45) is 5.24. The minimum absolute atomic E-state index is 0.255. The van der Waals surface area contributed by atoms with Crippen molar-refractivity contribution in [1.29, 1.82) is 0 Å². The highest BCUT2D eigenvalue weighted by atomic mass is 16.5. The predicted octanol–water partition coefficient (Wildman–Crippen LogP) is 5.05. The summed E-state index contributed by atoms with van der Waals surface area (Å²) in [5, 5.41) is 7.71. The number of aromatic nitrogens is 3. The van der Waals surface area contributed by atoms with Crippen LogP contribution in [0.2, 0.25) is 0 Å². The van der Waals surface area contributed by atoms with Gasteiger partial charge >= 0.3 is 0 Å². The Bertz CT molecular complexity index is 1300. The largest absolute Gasteiger partial charge is 0.466 e. The number of rotatable bonds is 4. The van der Waals surface area contributed by atoms with E-state index in [1.54, 1.807) is 19.2 Å². The topological polar surface area (TPSA) is 97.3 Å². The number of hydrogen-bond donors (Lipinski definition) is 1. The number of nitrogens with zero attached hydrogens (tertiary/aromatic N) is 4. The Labute approximate surface area is 185 Å². The number of anilines is 2. The predicted molar refractivity (Wildman–Crippen MR) is 122 cm³/mol. The van der Waals surface area contributed by atoms with E-state index >= 15 is 0 Å². The van der Waals surface area contributed by atoms with Crippen LogP contribution in [0.1, 0.15) is 46.8 Å².